The number of aromatic nitrogens is 2. The molecule has 0 N–H and O–H groups in total. The van der Waals surface area contributed by atoms with Gasteiger partial charge in [0.15, 0.2) is 4.96 Å². The zero-order valence-corrected chi connectivity index (χ0v) is 8.97. The summed E-state index contributed by atoms with van der Waals surface area (Å²) in [6, 6.07) is 8.31. The molecule has 0 aliphatic carbocycles. The molecule has 0 spiro atoms. The van der Waals surface area contributed by atoms with Crippen LogP contribution in [0.3, 0.4) is 0 Å². The lowest BCUT2D eigenvalue weighted by Crippen LogP contribution is -1.77. The molecule has 0 bridgehead atoms. The number of rotatable bonds is 0. The Bertz CT molecular complexity index is 581. The third kappa shape index (κ3) is 0.957. The van der Waals surface area contributed by atoms with Gasteiger partial charge in [0.1, 0.15) is 4.60 Å². The summed E-state index contributed by atoms with van der Waals surface area (Å²) in [5.74, 6) is 0. The maximum atomic E-state index is 4.29. The second-order valence-electron chi connectivity index (χ2n) is 2.77. The van der Waals surface area contributed by atoms with Crippen LogP contribution in [0.1, 0.15) is 0 Å². The molecule has 3 rings (SSSR count). The van der Waals surface area contributed by atoms with Crippen LogP contribution in [0.4, 0.5) is 0 Å². The van der Waals surface area contributed by atoms with Crippen molar-refractivity contribution >= 4 is 42.4 Å². The van der Waals surface area contributed by atoms with Gasteiger partial charge in [0, 0.05) is 0 Å². The molecule has 0 amide bonds. The number of hydrogen-bond acceptors (Lipinski definition) is 2. The molecule has 0 atom stereocenters. The molecule has 0 aliphatic heterocycles. The first-order valence-electron chi connectivity index (χ1n) is 3.87. The number of imidazole rings is 1. The third-order valence-corrected chi connectivity index (χ3v) is 3.59. The minimum Gasteiger partial charge on any atom is -0.277 e. The largest absolute Gasteiger partial charge is 0.277 e. The van der Waals surface area contributed by atoms with E-state index in [0.29, 0.717) is 0 Å². The Morgan fingerprint density at radius 3 is 3.08 bits per heavy atom. The van der Waals surface area contributed by atoms with Crippen molar-refractivity contribution in [2.75, 3.05) is 0 Å². The van der Waals surface area contributed by atoms with E-state index in [1.54, 1.807) is 11.3 Å². The van der Waals surface area contributed by atoms with E-state index in [0.717, 1.165) is 9.56 Å². The van der Waals surface area contributed by atoms with Crippen LogP contribution in [0.2, 0.25) is 0 Å². The smallest absolute Gasteiger partial charge is 0.195 e. The Morgan fingerprint density at radius 1 is 1.31 bits per heavy atom. The lowest BCUT2D eigenvalue weighted by molar-refractivity contribution is 1.25. The Labute approximate surface area is 87.0 Å². The molecule has 3 aromatic rings. The number of halogens is 1. The predicted molar refractivity (Wildman–Crippen MR) is 58.3 cm³/mol. The zero-order valence-electron chi connectivity index (χ0n) is 6.57. The van der Waals surface area contributed by atoms with E-state index >= 15 is 0 Å². The normalized spacial score (nSPS) is 11.5. The number of fused-ring (bicyclic) bond motifs is 3. The molecule has 0 saturated carbocycles. The highest BCUT2D eigenvalue weighted by Gasteiger charge is 2.06. The molecule has 2 heterocycles. The van der Waals surface area contributed by atoms with Gasteiger partial charge in [-0.2, -0.15) is 0 Å². The fourth-order valence-electron chi connectivity index (χ4n) is 1.43. The standard InChI is InChI=1S/C9H5BrN2S/c10-8-5-11-9-12(8)6-3-1-2-4-7(6)13-9/h1-5H. The summed E-state index contributed by atoms with van der Waals surface area (Å²) < 4.78 is 4.39. The number of hydrogen-bond donors (Lipinski definition) is 0. The topological polar surface area (TPSA) is 17.3 Å². The molecular formula is C9H5BrN2S. The van der Waals surface area contributed by atoms with Crippen LogP contribution in [-0.4, -0.2) is 9.38 Å². The Balaban J connectivity index is 2.66. The minimum absolute atomic E-state index is 1.01. The SMILES string of the molecule is Brc1cnc2sc3ccccc3n12. The molecule has 0 unspecified atom stereocenters. The fraction of sp³-hybridized carbons (Fsp3) is 0. The molecule has 1 aromatic carbocycles. The van der Waals surface area contributed by atoms with Crippen molar-refractivity contribution in [2.45, 2.75) is 0 Å². The van der Waals surface area contributed by atoms with Gasteiger partial charge in [-0.1, -0.05) is 23.5 Å². The van der Waals surface area contributed by atoms with E-state index < -0.39 is 0 Å². The Kier molecular flexibility index (Phi) is 1.48. The monoisotopic (exact) mass is 252 g/mol. The van der Waals surface area contributed by atoms with Gasteiger partial charge < -0.3 is 0 Å². The van der Waals surface area contributed by atoms with Crippen LogP contribution < -0.4 is 0 Å². The first kappa shape index (κ1) is 7.53. The van der Waals surface area contributed by atoms with Crippen LogP contribution in [0.15, 0.2) is 35.1 Å². The highest BCUT2D eigenvalue weighted by atomic mass is 79.9. The molecule has 64 valence electrons. The van der Waals surface area contributed by atoms with E-state index in [1.165, 1.54) is 10.2 Å². The van der Waals surface area contributed by atoms with Crippen LogP contribution in [0.25, 0.3) is 15.2 Å². The van der Waals surface area contributed by atoms with Gasteiger partial charge in [-0.25, -0.2) is 4.98 Å². The summed E-state index contributed by atoms with van der Waals surface area (Å²) in [7, 11) is 0. The van der Waals surface area contributed by atoms with Crippen molar-refractivity contribution in [3.8, 4) is 0 Å². The summed E-state index contributed by atoms with van der Waals surface area (Å²) in [5.41, 5.74) is 1.21. The van der Waals surface area contributed by atoms with E-state index in [1.807, 2.05) is 18.3 Å². The zero-order chi connectivity index (χ0) is 8.84. The number of thiazole rings is 1. The number of nitrogens with zero attached hydrogens (tertiary/aromatic N) is 2. The van der Waals surface area contributed by atoms with Crippen LogP contribution in [0.5, 0.6) is 0 Å². The molecule has 0 radical (unpaired) electrons. The summed E-state index contributed by atoms with van der Waals surface area (Å²) in [4.78, 5) is 5.33. The lowest BCUT2D eigenvalue weighted by atomic mass is 10.3. The number of para-hydroxylation sites is 1. The molecule has 13 heavy (non-hydrogen) atoms. The van der Waals surface area contributed by atoms with Crippen LogP contribution >= 0.6 is 27.3 Å². The van der Waals surface area contributed by atoms with Crippen molar-refractivity contribution in [2.24, 2.45) is 0 Å². The molecule has 2 nitrogen and oxygen atoms in total. The van der Waals surface area contributed by atoms with Gasteiger partial charge in [-0.3, -0.25) is 4.40 Å². The maximum Gasteiger partial charge on any atom is 0.195 e. The third-order valence-electron chi connectivity index (χ3n) is 1.99. The average molecular weight is 253 g/mol. The van der Waals surface area contributed by atoms with Crippen LogP contribution in [-0.2, 0) is 0 Å². The lowest BCUT2D eigenvalue weighted by Gasteiger charge is -1.90. The van der Waals surface area contributed by atoms with Crippen molar-refractivity contribution in [3.63, 3.8) is 0 Å². The van der Waals surface area contributed by atoms with E-state index in [-0.39, 0.29) is 0 Å². The summed E-state index contributed by atoms with van der Waals surface area (Å²) in [6.07, 6.45) is 1.83. The van der Waals surface area contributed by atoms with E-state index in [4.69, 9.17) is 0 Å². The highest BCUT2D eigenvalue weighted by Crippen LogP contribution is 2.28. The summed E-state index contributed by atoms with van der Waals surface area (Å²) in [6.45, 7) is 0. The first-order chi connectivity index (χ1) is 6.36. The van der Waals surface area contributed by atoms with Gasteiger partial charge >= 0.3 is 0 Å². The van der Waals surface area contributed by atoms with Gasteiger partial charge in [-0.15, -0.1) is 0 Å². The fourth-order valence-corrected chi connectivity index (χ4v) is 3.01. The highest BCUT2D eigenvalue weighted by molar-refractivity contribution is 9.10. The van der Waals surface area contributed by atoms with Crippen LogP contribution in [0, 0.1) is 0 Å². The Hall–Kier alpha value is -0.870. The quantitative estimate of drug-likeness (QED) is 0.600. The number of benzene rings is 1. The average Bonchev–Trinajstić information content (AvgIpc) is 2.66. The second-order valence-corrected chi connectivity index (χ2v) is 4.59. The van der Waals surface area contributed by atoms with Gasteiger partial charge in [-0.05, 0) is 28.1 Å². The molecular weight excluding hydrogens is 248 g/mol. The van der Waals surface area contributed by atoms with Gasteiger partial charge in [0.2, 0.25) is 0 Å². The van der Waals surface area contributed by atoms with Gasteiger partial charge in [0.25, 0.3) is 0 Å². The van der Waals surface area contributed by atoms with Crippen molar-refractivity contribution in [1.29, 1.82) is 0 Å². The van der Waals surface area contributed by atoms with Crippen molar-refractivity contribution in [1.82, 2.24) is 9.38 Å². The Morgan fingerprint density at radius 2 is 2.15 bits per heavy atom. The second kappa shape index (κ2) is 2.56. The van der Waals surface area contributed by atoms with E-state index in [9.17, 15) is 0 Å². The molecule has 2 aromatic heterocycles. The molecule has 4 heteroatoms. The predicted octanol–water partition coefficient (Wildman–Crippen LogP) is 3.31. The van der Waals surface area contributed by atoms with Gasteiger partial charge in [0.05, 0.1) is 16.4 Å². The first-order valence-corrected chi connectivity index (χ1v) is 5.48. The van der Waals surface area contributed by atoms with Crippen molar-refractivity contribution < 1.29 is 0 Å². The summed E-state index contributed by atoms with van der Waals surface area (Å²) >= 11 is 5.18. The molecule has 0 aliphatic rings. The molecule has 0 saturated heterocycles. The minimum atomic E-state index is 1.01. The van der Waals surface area contributed by atoms with E-state index in [2.05, 4.69) is 37.4 Å². The maximum absolute atomic E-state index is 4.29. The molecule has 0 fully saturated rings. The van der Waals surface area contributed by atoms with Crippen molar-refractivity contribution in [3.05, 3.63) is 35.1 Å². The summed E-state index contributed by atoms with van der Waals surface area (Å²) in [5, 5.41) is 0.